The van der Waals surface area contributed by atoms with E-state index in [0.29, 0.717) is 43.5 Å². The zero-order chi connectivity index (χ0) is 28.4. The summed E-state index contributed by atoms with van der Waals surface area (Å²) in [5.74, 6) is -2.70. The number of hydrogen-bond donors (Lipinski definition) is 7. The van der Waals surface area contributed by atoms with Crippen LogP contribution in [0.25, 0.3) is 0 Å². The van der Waals surface area contributed by atoms with Gasteiger partial charge in [-0.25, -0.2) is 9.78 Å². The predicted molar refractivity (Wildman–Crippen MR) is 141 cm³/mol. The van der Waals surface area contributed by atoms with Gasteiger partial charge in [0.05, 0.1) is 12.4 Å². The number of imidazole rings is 1. The first-order chi connectivity index (χ1) is 18.7. The normalized spacial score (nSPS) is 17.3. The molecule has 0 aliphatic carbocycles. The van der Waals surface area contributed by atoms with Crippen LogP contribution >= 0.6 is 0 Å². The lowest BCUT2D eigenvalue weighted by Gasteiger charge is -2.29. The summed E-state index contributed by atoms with van der Waals surface area (Å²) >= 11 is 0. The van der Waals surface area contributed by atoms with Gasteiger partial charge in [-0.15, -0.1) is 0 Å². The lowest BCUT2D eigenvalue weighted by atomic mass is 10.0. The second-order valence-electron chi connectivity index (χ2n) is 9.69. The zero-order valence-electron chi connectivity index (χ0n) is 21.7. The smallest absolute Gasteiger partial charge is 0.326 e. The number of aliphatic carboxylic acids is 1. The van der Waals surface area contributed by atoms with Gasteiger partial charge >= 0.3 is 5.97 Å². The van der Waals surface area contributed by atoms with Crippen molar-refractivity contribution < 1.29 is 29.4 Å². The largest absolute Gasteiger partial charge is 0.508 e. The number of carbonyl (C=O) groups is 4. The topological polar surface area (TPSA) is 217 Å². The highest BCUT2D eigenvalue weighted by molar-refractivity contribution is 5.94. The Balaban J connectivity index is 1.77. The number of aromatic hydroxyl groups is 1. The summed E-state index contributed by atoms with van der Waals surface area (Å²) in [6.07, 6.45) is 5.60. The van der Waals surface area contributed by atoms with Crippen molar-refractivity contribution in [2.24, 2.45) is 11.5 Å². The molecule has 3 rings (SSSR count). The number of rotatable bonds is 14. The Morgan fingerprint density at radius 2 is 1.79 bits per heavy atom. The van der Waals surface area contributed by atoms with Gasteiger partial charge in [0.1, 0.15) is 23.9 Å². The molecule has 13 heteroatoms. The van der Waals surface area contributed by atoms with E-state index in [0.717, 1.165) is 0 Å². The first-order valence-corrected chi connectivity index (χ1v) is 13.0. The van der Waals surface area contributed by atoms with Crippen LogP contribution in [0.15, 0.2) is 36.8 Å². The zero-order valence-corrected chi connectivity index (χ0v) is 21.7. The third-order valence-electron chi connectivity index (χ3n) is 6.72. The van der Waals surface area contributed by atoms with Gasteiger partial charge in [-0.1, -0.05) is 12.1 Å². The Labute approximate surface area is 226 Å². The number of benzene rings is 1. The number of carboxylic acid groups (broad SMARTS) is 1. The number of likely N-dealkylation sites (tertiary alicyclic amines) is 1. The molecular weight excluding hydrogens is 506 g/mol. The number of amides is 3. The van der Waals surface area contributed by atoms with Crippen LogP contribution in [0.1, 0.15) is 43.4 Å². The van der Waals surface area contributed by atoms with Crippen molar-refractivity contribution in [1.29, 1.82) is 0 Å². The number of nitrogens with two attached hydrogens (primary N) is 2. The molecule has 1 fully saturated rings. The lowest BCUT2D eigenvalue weighted by molar-refractivity contribution is -0.149. The number of carboxylic acids is 1. The molecule has 1 aromatic carbocycles. The highest BCUT2D eigenvalue weighted by Crippen LogP contribution is 2.20. The second kappa shape index (κ2) is 14.3. The summed E-state index contributed by atoms with van der Waals surface area (Å²) in [5.41, 5.74) is 13.0. The Morgan fingerprint density at radius 3 is 2.44 bits per heavy atom. The fourth-order valence-corrected chi connectivity index (χ4v) is 4.59. The molecule has 1 aromatic heterocycles. The van der Waals surface area contributed by atoms with Gasteiger partial charge in [0.25, 0.3) is 0 Å². The maximum absolute atomic E-state index is 13.5. The van der Waals surface area contributed by atoms with E-state index in [1.165, 1.54) is 23.4 Å². The van der Waals surface area contributed by atoms with E-state index in [1.807, 2.05) is 0 Å². The van der Waals surface area contributed by atoms with Gasteiger partial charge in [0.15, 0.2) is 0 Å². The molecule has 4 unspecified atom stereocenters. The highest BCUT2D eigenvalue weighted by Gasteiger charge is 2.38. The standard InChI is InChI=1S/C26H37N7O6/c27-10-2-1-4-20(31-23(35)19(28)13-17-14-29-15-30-17)24(36)32-21(12-16-6-8-18(34)9-7-16)25(37)33-11-3-5-22(33)26(38)39/h6-9,14-15,19-22,34H,1-5,10-13,27-28H2,(H,29,30)(H,31,35)(H,32,36)(H,38,39). The van der Waals surface area contributed by atoms with Crippen LogP contribution in [-0.4, -0.2) is 86.0 Å². The summed E-state index contributed by atoms with van der Waals surface area (Å²) in [7, 11) is 0. The van der Waals surface area contributed by atoms with Gasteiger partial charge in [0, 0.05) is 31.3 Å². The summed E-state index contributed by atoms with van der Waals surface area (Å²) in [4.78, 5) is 59.6. The molecule has 0 bridgehead atoms. The molecule has 2 heterocycles. The summed E-state index contributed by atoms with van der Waals surface area (Å²) < 4.78 is 0. The van der Waals surface area contributed by atoms with Gasteiger partial charge in [0.2, 0.25) is 17.7 Å². The minimum atomic E-state index is -1.10. The van der Waals surface area contributed by atoms with Crippen LogP contribution < -0.4 is 22.1 Å². The number of hydrogen-bond acceptors (Lipinski definition) is 8. The van der Waals surface area contributed by atoms with Gasteiger partial charge in [-0.2, -0.15) is 0 Å². The SMILES string of the molecule is NCCCCC(NC(=O)C(N)Cc1cnc[nH]1)C(=O)NC(Cc1ccc(O)cc1)C(=O)N1CCCC1C(=O)O. The van der Waals surface area contributed by atoms with Crippen LogP contribution in [0.5, 0.6) is 5.75 Å². The number of aromatic nitrogens is 2. The quantitative estimate of drug-likeness (QED) is 0.151. The summed E-state index contributed by atoms with van der Waals surface area (Å²) in [5, 5.41) is 24.6. The maximum Gasteiger partial charge on any atom is 0.326 e. The Hall–Kier alpha value is -3.97. The number of carbonyl (C=O) groups excluding carboxylic acids is 3. The van der Waals surface area contributed by atoms with Crippen LogP contribution in [0, 0.1) is 0 Å². The number of phenols is 1. The average molecular weight is 544 g/mol. The van der Waals surface area contributed by atoms with Crippen molar-refractivity contribution in [3.05, 3.63) is 48.0 Å². The maximum atomic E-state index is 13.5. The molecule has 0 saturated carbocycles. The predicted octanol–water partition coefficient (Wildman–Crippen LogP) is -0.598. The Bertz CT molecular complexity index is 1110. The molecule has 1 aliphatic heterocycles. The van der Waals surface area contributed by atoms with Crippen LogP contribution in [-0.2, 0) is 32.0 Å². The van der Waals surface area contributed by atoms with Crippen LogP contribution in [0.4, 0.5) is 0 Å². The third kappa shape index (κ3) is 8.52. The van der Waals surface area contributed by atoms with Gasteiger partial charge in [-0.05, 0) is 56.3 Å². The average Bonchev–Trinajstić information content (AvgIpc) is 3.61. The Morgan fingerprint density at radius 1 is 1.08 bits per heavy atom. The molecule has 1 saturated heterocycles. The molecular formula is C26H37N7O6. The monoisotopic (exact) mass is 543 g/mol. The molecule has 1 aliphatic rings. The van der Waals surface area contributed by atoms with E-state index in [9.17, 15) is 29.4 Å². The number of phenolic OH excluding ortho intramolecular Hbond substituents is 1. The van der Waals surface area contributed by atoms with Crippen molar-refractivity contribution in [1.82, 2.24) is 25.5 Å². The van der Waals surface area contributed by atoms with Gasteiger partial charge in [-0.3, -0.25) is 14.4 Å². The number of unbranched alkanes of at least 4 members (excludes halogenated alkanes) is 1. The third-order valence-corrected chi connectivity index (χ3v) is 6.72. The second-order valence-corrected chi connectivity index (χ2v) is 9.69. The number of nitrogens with zero attached hydrogens (tertiary/aromatic N) is 2. The lowest BCUT2D eigenvalue weighted by Crippen LogP contribution is -2.57. The van der Waals surface area contributed by atoms with Crippen molar-refractivity contribution in [2.45, 2.75) is 69.1 Å². The highest BCUT2D eigenvalue weighted by atomic mass is 16.4. The number of aromatic amines is 1. The molecule has 212 valence electrons. The molecule has 13 nitrogen and oxygen atoms in total. The number of H-pyrrole nitrogens is 1. The minimum Gasteiger partial charge on any atom is -0.508 e. The van der Waals surface area contributed by atoms with E-state index < -0.39 is 47.9 Å². The van der Waals surface area contributed by atoms with E-state index in [1.54, 1.807) is 18.3 Å². The molecule has 2 aromatic rings. The molecule has 4 atom stereocenters. The van der Waals surface area contributed by atoms with E-state index >= 15 is 0 Å². The van der Waals surface area contributed by atoms with Crippen molar-refractivity contribution in [3.63, 3.8) is 0 Å². The van der Waals surface area contributed by atoms with Crippen molar-refractivity contribution >= 4 is 23.7 Å². The van der Waals surface area contributed by atoms with E-state index in [2.05, 4.69) is 20.6 Å². The van der Waals surface area contributed by atoms with Crippen LogP contribution in [0.3, 0.4) is 0 Å². The Kier molecular flexibility index (Phi) is 10.8. The van der Waals surface area contributed by atoms with E-state index in [-0.39, 0.29) is 31.6 Å². The molecule has 0 radical (unpaired) electrons. The summed E-state index contributed by atoms with van der Waals surface area (Å²) in [6, 6.07) is 2.18. The summed E-state index contributed by atoms with van der Waals surface area (Å²) in [6.45, 7) is 0.673. The fourth-order valence-electron chi connectivity index (χ4n) is 4.59. The fraction of sp³-hybridized carbons (Fsp3) is 0.500. The minimum absolute atomic E-state index is 0.0466. The van der Waals surface area contributed by atoms with Crippen molar-refractivity contribution in [3.8, 4) is 5.75 Å². The first kappa shape index (κ1) is 29.6. The first-order valence-electron chi connectivity index (χ1n) is 13.0. The molecule has 39 heavy (non-hydrogen) atoms. The van der Waals surface area contributed by atoms with Crippen molar-refractivity contribution in [2.75, 3.05) is 13.1 Å². The van der Waals surface area contributed by atoms with Crippen LogP contribution in [0.2, 0.25) is 0 Å². The molecule has 0 spiro atoms. The molecule has 9 N–H and O–H groups in total. The van der Waals surface area contributed by atoms with Gasteiger partial charge < -0.3 is 42.2 Å². The van der Waals surface area contributed by atoms with E-state index in [4.69, 9.17) is 11.5 Å². The number of nitrogens with one attached hydrogen (secondary N) is 3. The molecule has 3 amide bonds.